The zero-order chi connectivity index (χ0) is 14.8. The highest BCUT2D eigenvalue weighted by atomic mass is 35.5. The summed E-state index contributed by atoms with van der Waals surface area (Å²) in [5, 5.41) is 5.41. The van der Waals surface area contributed by atoms with E-state index < -0.39 is 0 Å². The Balaban J connectivity index is 1.76. The molecular formula is C18H25Cl2N. The quantitative estimate of drug-likeness (QED) is 0.744. The first-order valence-electron chi connectivity index (χ1n) is 8.35. The molecule has 0 aromatic heterocycles. The van der Waals surface area contributed by atoms with Gasteiger partial charge in [-0.25, -0.2) is 0 Å². The van der Waals surface area contributed by atoms with E-state index in [2.05, 4.69) is 12.2 Å². The zero-order valence-corrected chi connectivity index (χ0v) is 14.3. The van der Waals surface area contributed by atoms with Gasteiger partial charge in [-0.2, -0.15) is 0 Å². The van der Waals surface area contributed by atoms with Gasteiger partial charge in [0.1, 0.15) is 0 Å². The maximum atomic E-state index is 6.38. The molecule has 0 spiro atoms. The molecule has 0 heterocycles. The van der Waals surface area contributed by atoms with Gasteiger partial charge in [-0.05, 0) is 74.1 Å². The first-order chi connectivity index (χ1) is 10.2. The highest BCUT2D eigenvalue weighted by molar-refractivity contribution is 6.36. The molecule has 0 amide bonds. The maximum absolute atomic E-state index is 6.38. The predicted molar refractivity (Wildman–Crippen MR) is 91.2 cm³/mol. The number of rotatable bonds is 6. The van der Waals surface area contributed by atoms with Crippen molar-refractivity contribution in [3.63, 3.8) is 0 Å². The van der Waals surface area contributed by atoms with E-state index >= 15 is 0 Å². The molecule has 1 N–H and O–H groups in total. The van der Waals surface area contributed by atoms with Gasteiger partial charge in [-0.1, -0.05) is 42.6 Å². The second kappa shape index (κ2) is 6.89. The van der Waals surface area contributed by atoms with Crippen molar-refractivity contribution in [2.75, 3.05) is 6.54 Å². The number of nitrogens with one attached hydrogen (secondary N) is 1. The minimum Gasteiger partial charge on any atom is -0.313 e. The monoisotopic (exact) mass is 325 g/mol. The van der Waals surface area contributed by atoms with Crippen LogP contribution in [0.4, 0.5) is 0 Å². The Morgan fingerprint density at radius 1 is 1.19 bits per heavy atom. The largest absolute Gasteiger partial charge is 0.313 e. The molecule has 2 fully saturated rings. The number of hydrogen-bond acceptors (Lipinski definition) is 1. The van der Waals surface area contributed by atoms with E-state index in [4.69, 9.17) is 23.2 Å². The van der Waals surface area contributed by atoms with Crippen molar-refractivity contribution in [2.45, 2.75) is 51.5 Å². The fourth-order valence-electron chi connectivity index (χ4n) is 4.44. The lowest BCUT2D eigenvalue weighted by molar-refractivity contribution is 0.247. The van der Waals surface area contributed by atoms with Crippen LogP contribution in [0.25, 0.3) is 0 Å². The van der Waals surface area contributed by atoms with Crippen molar-refractivity contribution >= 4 is 23.2 Å². The van der Waals surface area contributed by atoms with Gasteiger partial charge in [0.25, 0.3) is 0 Å². The summed E-state index contributed by atoms with van der Waals surface area (Å²) < 4.78 is 0. The van der Waals surface area contributed by atoms with Crippen molar-refractivity contribution in [2.24, 2.45) is 17.8 Å². The fraction of sp³-hybridized carbons (Fsp3) is 0.667. The number of halogens is 2. The molecule has 21 heavy (non-hydrogen) atoms. The molecule has 1 nitrogen and oxygen atoms in total. The van der Waals surface area contributed by atoms with E-state index in [0.717, 1.165) is 46.3 Å². The van der Waals surface area contributed by atoms with Crippen LogP contribution in [0.3, 0.4) is 0 Å². The van der Waals surface area contributed by atoms with Crippen LogP contribution in [0.2, 0.25) is 10.0 Å². The minimum absolute atomic E-state index is 0.526. The third-order valence-corrected chi connectivity index (χ3v) is 6.16. The molecule has 116 valence electrons. The van der Waals surface area contributed by atoms with Gasteiger partial charge < -0.3 is 5.32 Å². The molecule has 0 radical (unpaired) electrons. The molecule has 4 unspecified atom stereocenters. The molecule has 1 aromatic rings. The summed E-state index contributed by atoms with van der Waals surface area (Å²) in [6.07, 6.45) is 7.86. The Morgan fingerprint density at radius 3 is 2.52 bits per heavy atom. The van der Waals surface area contributed by atoms with Crippen LogP contribution in [0.15, 0.2) is 18.2 Å². The summed E-state index contributed by atoms with van der Waals surface area (Å²) in [7, 11) is 0. The number of fused-ring (bicyclic) bond motifs is 2. The lowest BCUT2D eigenvalue weighted by Crippen LogP contribution is -2.41. The SMILES string of the molecule is CCCNC(Cc1c(Cl)cccc1Cl)C1CC2CCC1C2. The molecule has 2 bridgehead atoms. The molecule has 1 aromatic carbocycles. The van der Waals surface area contributed by atoms with Crippen LogP contribution in [0, 0.1) is 17.8 Å². The zero-order valence-electron chi connectivity index (χ0n) is 12.7. The topological polar surface area (TPSA) is 12.0 Å². The molecule has 2 aliphatic rings. The lowest BCUT2D eigenvalue weighted by atomic mass is 9.81. The smallest absolute Gasteiger partial charge is 0.0453 e. The Hall–Kier alpha value is -0.240. The van der Waals surface area contributed by atoms with E-state index in [1.165, 1.54) is 32.1 Å². The molecule has 4 atom stereocenters. The Kier molecular flexibility index (Phi) is 5.14. The molecule has 0 aliphatic heterocycles. The van der Waals surface area contributed by atoms with Gasteiger partial charge >= 0.3 is 0 Å². The lowest BCUT2D eigenvalue weighted by Gasteiger charge is -2.32. The predicted octanol–water partition coefficient (Wildman–Crippen LogP) is 5.34. The van der Waals surface area contributed by atoms with E-state index in [1.807, 2.05) is 18.2 Å². The molecule has 0 saturated heterocycles. The molecule has 3 rings (SSSR count). The Labute approximate surface area is 138 Å². The van der Waals surface area contributed by atoms with Crippen LogP contribution in [-0.2, 0) is 6.42 Å². The first kappa shape index (κ1) is 15.6. The fourth-order valence-corrected chi connectivity index (χ4v) is 4.99. The van der Waals surface area contributed by atoms with Crippen LogP contribution in [0.1, 0.15) is 44.6 Å². The van der Waals surface area contributed by atoms with Crippen molar-refractivity contribution in [3.8, 4) is 0 Å². The van der Waals surface area contributed by atoms with Gasteiger partial charge in [0.15, 0.2) is 0 Å². The summed E-state index contributed by atoms with van der Waals surface area (Å²) in [6, 6.07) is 6.37. The van der Waals surface area contributed by atoms with E-state index in [1.54, 1.807) is 0 Å². The first-order valence-corrected chi connectivity index (χ1v) is 9.11. The van der Waals surface area contributed by atoms with Crippen molar-refractivity contribution < 1.29 is 0 Å². The average molecular weight is 326 g/mol. The van der Waals surface area contributed by atoms with Gasteiger partial charge in [-0.15, -0.1) is 0 Å². The van der Waals surface area contributed by atoms with Crippen molar-refractivity contribution in [3.05, 3.63) is 33.8 Å². The van der Waals surface area contributed by atoms with E-state index in [-0.39, 0.29) is 0 Å². The van der Waals surface area contributed by atoms with Crippen LogP contribution in [0.5, 0.6) is 0 Å². The summed E-state index contributed by atoms with van der Waals surface area (Å²) in [5.74, 6) is 2.71. The third kappa shape index (κ3) is 3.41. The summed E-state index contributed by atoms with van der Waals surface area (Å²) >= 11 is 12.8. The molecular weight excluding hydrogens is 301 g/mol. The summed E-state index contributed by atoms with van der Waals surface area (Å²) in [5.41, 5.74) is 1.12. The molecule has 2 saturated carbocycles. The van der Waals surface area contributed by atoms with E-state index in [9.17, 15) is 0 Å². The highest BCUT2D eigenvalue weighted by Crippen LogP contribution is 2.50. The second-order valence-corrected chi connectivity index (χ2v) is 7.62. The minimum atomic E-state index is 0.526. The van der Waals surface area contributed by atoms with E-state index in [0.29, 0.717) is 6.04 Å². The number of benzene rings is 1. The van der Waals surface area contributed by atoms with Crippen molar-refractivity contribution in [1.82, 2.24) is 5.32 Å². The van der Waals surface area contributed by atoms with Crippen molar-refractivity contribution in [1.29, 1.82) is 0 Å². The van der Waals surface area contributed by atoms with Gasteiger partial charge in [0.2, 0.25) is 0 Å². The summed E-state index contributed by atoms with van der Waals surface area (Å²) in [4.78, 5) is 0. The second-order valence-electron chi connectivity index (χ2n) is 6.80. The van der Waals surface area contributed by atoms with Crippen LogP contribution in [-0.4, -0.2) is 12.6 Å². The molecule has 2 aliphatic carbocycles. The van der Waals surface area contributed by atoms with Crippen LogP contribution < -0.4 is 5.32 Å². The van der Waals surface area contributed by atoms with Gasteiger partial charge in [0.05, 0.1) is 0 Å². The summed E-state index contributed by atoms with van der Waals surface area (Å²) in [6.45, 7) is 3.31. The van der Waals surface area contributed by atoms with Gasteiger partial charge in [-0.3, -0.25) is 0 Å². The number of hydrogen-bond donors (Lipinski definition) is 1. The highest BCUT2D eigenvalue weighted by Gasteiger charge is 2.42. The average Bonchev–Trinajstić information content (AvgIpc) is 3.09. The standard InChI is InChI=1S/C18H25Cl2N/c1-2-8-21-18(14-10-12-6-7-13(14)9-12)11-15-16(19)4-3-5-17(15)20/h3-5,12-14,18,21H,2,6-11H2,1H3. The normalized spacial score (nSPS) is 29.0. The molecule has 3 heteroatoms. The third-order valence-electron chi connectivity index (χ3n) is 5.45. The Morgan fingerprint density at radius 2 is 1.95 bits per heavy atom. The van der Waals surface area contributed by atoms with Crippen LogP contribution >= 0.6 is 23.2 Å². The maximum Gasteiger partial charge on any atom is 0.0453 e. The van der Waals surface area contributed by atoms with Gasteiger partial charge in [0, 0.05) is 16.1 Å². The Bertz CT molecular complexity index is 468.